The summed E-state index contributed by atoms with van der Waals surface area (Å²) in [6, 6.07) is 21.5. The summed E-state index contributed by atoms with van der Waals surface area (Å²) in [5, 5.41) is 13.3. The van der Waals surface area contributed by atoms with Gasteiger partial charge in [-0.3, -0.25) is 10.1 Å². The van der Waals surface area contributed by atoms with E-state index >= 15 is 0 Å². The van der Waals surface area contributed by atoms with Crippen LogP contribution in [0.1, 0.15) is 36.8 Å². The van der Waals surface area contributed by atoms with Gasteiger partial charge in [0.15, 0.2) is 0 Å². The minimum Gasteiger partial charge on any atom is -0.463 e. The van der Waals surface area contributed by atoms with Gasteiger partial charge in [0, 0.05) is 46.6 Å². The van der Waals surface area contributed by atoms with Crippen molar-refractivity contribution in [3.05, 3.63) is 101 Å². The molecule has 0 aliphatic rings. The Kier molecular flexibility index (Phi) is 7.73. The fourth-order valence-corrected chi connectivity index (χ4v) is 4.27. The molecule has 6 nitrogen and oxygen atoms in total. The van der Waals surface area contributed by atoms with Crippen molar-refractivity contribution in [1.82, 2.24) is 4.57 Å². The first-order valence-electron chi connectivity index (χ1n) is 11.8. The molecule has 0 atom stereocenters. The first-order valence-corrected chi connectivity index (χ1v) is 11.8. The Morgan fingerprint density at radius 1 is 0.886 bits per heavy atom. The van der Waals surface area contributed by atoms with Gasteiger partial charge in [0.25, 0.3) is 5.69 Å². The Hall–Kier alpha value is -4.19. The smallest absolute Gasteiger partial charge is 0.330 e. The fourth-order valence-electron chi connectivity index (χ4n) is 4.27. The number of hydrogen-bond acceptors (Lipinski definition) is 4. The second-order valence-corrected chi connectivity index (χ2v) is 8.41. The third kappa shape index (κ3) is 5.84. The molecule has 0 radical (unpaired) electrons. The largest absolute Gasteiger partial charge is 0.463 e. The Balaban J connectivity index is 1.47. The zero-order chi connectivity index (χ0) is 24.6. The SMILES string of the molecule is C=CC(=O)OCCCCCCn1c2ccccc2c2cc(/C=C/c3ccc([N+](=O)[O-])cc3)ccc21. The zero-order valence-electron chi connectivity index (χ0n) is 19.6. The summed E-state index contributed by atoms with van der Waals surface area (Å²) in [5.41, 5.74) is 4.51. The molecule has 0 aliphatic carbocycles. The Labute approximate surface area is 204 Å². The van der Waals surface area contributed by atoms with Gasteiger partial charge in [-0.15, -0.1) is 0 Å². The summed E-state index contributed by atoms with van der Waals surface area (Å²) < 4.78 is 7.42. The number of benzene rings is 3. The molecule has 0 aliphatic heterocycles. The number of non-ortho nitro benzene ring substituents is 1. The number of carbonyl (C=O) groups excluding carboxylic acids is 1. The summed E-state index contributed by atoms with van der Waals surface area (Å²) in [6.07, 6.45) is 9.18. The molecule has 0 spiro atoms. The minimum absolute atomic E-state index is 0.0903. The van der Waals surface area contributed by atoms with E-state index in [-0.39, 0.29) is 11.7 Å². The summed E-state index contributed by atoms with van der Waals surface area (Å²) in [6.45, 7) is 4.77. The summed E-state index contributed by atoms with van der Waals surface area (Å²) in [5.74, 6) is -0.364. The fraction of sp³-hybridized carbons (Fsp3) is 0.207. The third-order valence-corrected chi connectivity index (χ3v) is 6.06. The van der Waals surface area contributed by atoms with Crippen molar-refractivity contribution in [1.29, 1.82) is 0 Å². The van der Waals surface area contributed by atoms with Crippen molar-refractivity contribution in [2.75, 3.05) is 6.61 Å². The lowest BCUT2D eigenvalue weighted by atomic mass is 10.1. The van der Waals surface area contributed by atoms with E-state index < -0.39 is 4.92 Å². The highest BCUT2D eigenvalue weighted by atomic mass is 16.6. The minimum atomic E-state index is -0.391. The standard InChI is InChI=1S/C29H28N2O4/c1-2-29(32)35-20-8-4-3-7-19-30-27-10-6-5-9-25(27)26-21-23(15-18-28(26)30)12-11-22-13-16-24(17-14-22)31(33)34/h2,5-6,9-18,21H,1,3-4,7-8,19-20H2/b12-11+. The maximum Gasteiger partial charge on any atom is 0.330 e. The average molecular weight is 469 g/mol. The van der Waals surface area contributed by atoms with Crippen molar-refractivity contribution < 1.29 is 14.5 Å². The predicted molar refractivity (Wildman–Crippen MR) is 141 cm³/mol. The number of carbonyl (C=O) groups is 1. The quantitative estimate of drug-likeness (QED) is 0.0584. The van der Waals surface area contributed by atoms with Gasteiger partial charge < -0.3 is 9.30 Å². The van der Waals surface area contributed by atoms with Crippen LogP contribution in [0.25, 0.3) is 34.0 Å². The van der Waals surface area contributed by atoms with Crippen LogP contribution in [-0.2, 0) is 16.1 Å². The summed E-state index contributed by atoms with van der Waals surface area (Å²) in [7, 11) is 0. The van der Waals surface area contributed by atoms with Gasteiger partial charge in [-0.2, -0.15) is 0 Å². The number of esters is 1. The monoisotopic (exact) mass is 468 g/mol. The average Bonchev–Trinajstić information content (AvgIpc) is 3.20. The normalized spacial score (nSPS) is 11.3. The van der Waals surface area contributed by atoms with E-state index in [1.54, 1.807) is 12.1 Å². The van der Waals surface area contributed by atoms with Gasteiger partial charge in [0.05, 0.1) is 11.5 Å². The van der Waals surface area contributed by atoms with Crippen LogP contribution < -0.4 is 0 Å². The lowest BCUT2D eigenvalue weighted by Crippen LogP contribution is -2.02. The number of hydrogen-bond donors (Lipinski definition) is 0. The molecular formula is C29H28N2O4. The molecule has 0 N–H and O–H groups in total. The topological polar surface area (TPSA) is 74.4 Å². The van der Waals surface area contributed by atoms with Gasteiger partial charge in [0.2, 0.25) is 0 Å². The number of ether oxygens (including phenoxy) is 1. The molecule has 0 unspecified atom stereocenters. The molecule has 0 bridgehead atoms. The Morgan fingerprint density at radius 2 is 1.57 bits per heavy atom. The number of unbranched alkanes of at least 4 members (excludes halogenated alkanes) is 3. The van der Waals surface area contributed by atoms with Crippen molar-refractivity contribution in [3.63, 3.8) is 0 Å². The molecule has 0 fully saturated rings. The van der Waals surface area contributed by atoms with Crippen LogP contribution in [0, 0.1) is 10.1 Å². The molecule has 0 saturated carbocycles. The first-order chi connectivity index (χ1) is 17.1. The Morgan fingerprint density at radius 3 is 2.34 bits per heavy atom. The van der Waals surface area contributed by atoms with Crippen molar-refractivity contribution >= 4 is 45.6 Å². The lowest BCUT2D eigenvalue weighted by Gasteiger charge is -2.08. The van der Waals surface area contributed by atoms with E-state index in [0.717, 1.165) is 43.4 Å². The molecule has 4 aromatic rings. The molecule has 3 aromatic carbocycles. The van der Waals surface area contributed by atoms with E-state index in [1.165, 1.54) is 40.0 Å². The number of aromatic nitrogens is 1. The van der Waals surface area contributed by atoms with E-state index in [1.807, 2.05) is 12.2 Å². The molecular weight excluding hydrogens is 440 g/mol. The van der Waals surface area contributed by atoms with E-state index in [0.29, 0.717) is 6.61 Å². The van der Waals surface area contributed by atoms with Crippen LogP contribution in [0.15, 0.2) is 79.4 Å². The summed E-state index contributed by atoms with van der Waals surface area (Å²) >= 11 is 0. The molecule has 1 heterocycles. The van der Waals surface area contributed by atoms with Gasteiger partial charge in [0.1, 0.15) is 0 Å². The van der Waals surface area contributed by atoms with E-state index in [2.05, 4.69) is 53.6 Å². The number of rotatable bonds is 11. The lowest BCUT2D eigenvalue weighted by molar-refractivity contribution is -0.384. The van der Waals surface area contributed by atoms with Crippen molar-refractivity contribution in [2.45, 2.75) is 32.2 Å². The molecule has 4 rings (SSSR count). The van der Waals surface area contributed by atoms with Crippen LogP contribution in [0.4, 0.5) is 5.69 Å². The van der Waals surface area contributed by atoms with Gasteiger partial charge in [-0.05, 0) is 60.7 Å². The molecule has 0 saturated heterocycles. The van der Waals surface area contributed by atoms with Crippen LogP contribution in [0.3, 0.4) is 0 Å². The van der Waals surface area contributed by atoms with Gasteiger partial charge >= 0.3 is 5.97 Å². The highest BCUT2D eigenvalue weighted by molar-refractivity contribution is 6.08. The second kappa shape index (κ2) is 11.3. The van der Waals surface area contributed by atoms with Crippen molar-refractivity contribution in [2.24, 2.45) is 0 Å². The molecule has 35 heavy (non-hydrogen) atoms. The zero-order valence-corrected chi connectivity index (χ0v) is 19.6. The highest BCUT2D eigenvalue weighted by Gasteiger charge is 2.10. The van der Waals surface area contributed by atoms with E-state index in [4.69, 9.17) is 4.74 Å². The van der Waals surface area contributed by atoms with Gasteiger partial charge in [-0.1, -0.05) is 49.4 Å². The summed E-state index contributed by atoms with van der Waals surface area (Å²) in [4.78, 5) is 21.6. The van der Waals surface area contributed by atoms with Gasteiger partial charge in [-0.25, -0.2) is 4.79 Å². The third-order valence-electron chi connectivity index (χ3n) is 6.06. The molecule has 6 heteroatoms. The number of fused-ring (bicyclic) bond motifs is 3. The first kappa shape index (κ1) is 24.0. The predicted octanol–water partition coefficient (Wildman–Crippen LogP) is 7.16. The highest BCUT2D eigenvalue weighted by Crippen LogP contribution is 2.30. The van der Waals surface area contributed by atoms with E-state index in [9.17, 15) is 14.9 Å². The number of para-hydroxylation sites is 1. The molecule has 1 aromatic heterocycles. The van der Waals surface area contributed by atoms with Crippen LogP contribution in [0.2, 0.25) is 0 Å². The Bertz CT molecular complexity index is 1380. The molecule has 178 valence electrons. The van der Waals surface area contributed by atoms with Crippen LogP contribution in [-0.4, -0.2) is 22.1 Å². The van der Waals surface area contributed by atoms with Crippen LogP contribution >= 0.6 is 0 Å². The van der Waals surface area contributed by atoms with Crippen LogP contribution in [0.5, 0.6) is 0 Å². The number of nitrogens with zero attached hydrogens (tertiary/aromatic N) is 2. The number of aryl methyl sites for hydroxylation is 1. The maximum absolute atomic E-state index is 11.1. The number of nitro groups is 1. The molecule has 0 amide bonds. The maximum atomic E-state index is 11.1. The number of nitro benzene ring substituents is 1. The second-order valence-electron chi connectivity index (χ2n) is 8.41. The van der Waals surface area contributed by atoms with Crippen molar-refractivity contribution in [3.8, 4) is 0 Å².